The first-order valence-electron chi connectivity index (χ1n) is 7.26. The fraction of sp³-hybridized carbons (Fsp3) is 0.400. The Morgan fingerprint density at radius 3 is 2.50 bits per heavy atom. The van der Waals surface area contributed by atoms with Crippen LogP contribution in [0, 0.1) is 20.2 Å². The summed E-state index contributed by atoms with van der Waals surface area (Å²) in [6, 6.07) is 5.14. The number of rotatable bonds is 5. The predicted octanol–water partition coefficient (Wildman–Crippen LogP) is 2.19. The fourth-order valence-electron chi connectivity index (χ4n) is 2.56. The lowest BCUT2D eigenvalue weighted by atomic mass is 9.85. The molecule has 0 unspecified atom stereocenters. The Morgan fingerprint density at radius 2 is 1.96 bits per heavy atom. The van der Waals surface area contributed by atoms with Gasteiger partial charge in [0.2, 0.25) is 0 Å². The second-order valence-corrected chi connectivity index (χ2v) is 5.14. The van der Waals surface area contributed by atoms with Crippen molar-refractivity contribution in [1.29, 1.82) is 0 Å². The fourth-order valence-corrected chi connectivity index (χ4v) is 2.56. The smallest absolute Gasteiger partial charge is 0.388 e. The van der Waals surface area contributed by atoms with Crippen LogP contribution >= 0.6 is 0 Å². The molecular formula is C15H16N2O7. The van der Waals surface area contributed by atoms with Crippen molar-refractivity contribution < 1.29 is 24.1 Å². The summed E-state index contributed by atoms with van der Waals surface area (Å²) in [5, 5.41) is 22.5. The lowest BCUT2D eigenvalue weighted by Gasteiger charge is -2.29. The van der Waals surface area contributed by atoms with Crippen molar-refractivity contribution in [2.24, 2.45) is 0 Å². The van der Waals surface area contributed by atoms with Gasteiger partial charge in [0.15, 0.2) is 6.10 Å². The number of carbonyl (C=O) groups excluding carboxylic acids is 1. The molecule has 1 aliphatic rings. The third-order valence-electron chi connectivity index (χ3n) is 3.75. The van der Waals surface area contributed by atoms with Gasteiger partial charge in [0.1, 0.15) is 0 Å². The van der Waals surface area contributed by atoms with Gasteiger partial charge < -0.3 is 9.47 Å². The molecule has 0 N–H and O–H groups in total. The molecule has 0 aromatic heterocycles. The second kappa shape index (κ2) is 7.18. The SMILES string of the molecule is CCOC(=O)[C@@]1([N+](=O)[O-])CC=CCO[C@H]1c1ccc([N+](=O)[O-])cc1. The van der Waals surface area contributed by atoms with Crippen LogP contribution in [-0.4, -0.2) is 34.6 Å². The highest BCUT2D eigenvalue weighted by Gasteiger charge is 2.60. The summed E-state index contributed by atoms with van der Waals surface area (Å²) in [5.74, 6) is -0.995. The van der Waals surface area contributed by atoms with Crippen molar-refractivity contribution in [1.82, 2.24) is 0 Å². The van der Waals surface area contributed by atoms with Crippen molar-refractivity contribution in [2.75, 3.05) is 13.2 Å². The molecule has 1 aromatic rings. The highest BCUT2D eigenvalue weighted by molar-refractivity contribution is 5.81. The first-order valence-corrected chi connectivity index (χ1v) is 7.26. The van der Waals surface area contributed by atoms with Gasteiger partial charge in [0.05, 0.1) is 24.6 Å². The maximum Gasteiger partial charge on any atom is 0.388 e. The van der Waals surface area contributed by atoms with Crippen molar-refractivity contribution in [3.63, 3.8) is 0 Å². The summed E-state index contributed by atoms with van der Waals surface area (Å²) in [7, 11) is 0. The van der Waals surface area contributed by atoms with Gasteiger partial charge in [-0.15, -0.1) is 0 Å². The molecule has 1 aliphatic heterocycles. The topological polar surface area (TPSA) is 122 Å². The molecule has 1 heterocycles. The minimum atomic E-state index is -2.14. The largest absolute Gasteiger partial charge is 0.461 e. The minimum Gasteiger partial charge on any atom is -0.461 e. The quantitative estimate of drug-likeness (QED) is 0.349. The molecule has 2 atom stereocenters. The van der Waals surface area contributed by atoms with E-state index in [1.807, 2.05) is 0 Å². The van der Waals surface area contributed by atoms with Crippen LogP contribution in [0.5, 0.6) is 0 Å². The van der Waals surface area contributed by atoms with Gasteiger partial charge in [0, 0.05) is 17.1 Å². The summed E-state index contributed by atoms with van der Waals surface area (Å²) in [6.45, 7) is 1.63. The average Bonchev–Trinajstić information content (AvgIpc) is 2.78. The lowest BCUT2D eigenvalue weighted by Crippen LogP contribution is -2.52. The van der Waals surface area contributed by atoms with Crippen molar-refractivity contribution in [3.8, 4) is 0 Å². The number of nitrogens with zero attached hydrogens (tertiary/aromatic N) is 2. The molecular weight excluding hydrogens is 320 g/mol. The molecule has 0 aliphatic carbocycles. The van der Waals surface area contributed by atoms with Crippen LogP contribution in [0.3, 0.4) is 0 Å². The van der Waals surface area contributed by atoms with Gasteiger partial charge in [-0.25, -0.2) is 4.79 Å². The number of ether oxygens (including phenoxy) is 2. The third kappa shape index (κ3) is 3.11. The number of carbonyl (C=O) groups is 1. The van der Waals surface area contributed by atoms with Crippen molar-refractivity contribution >= 4 is 11.7 Å². The maximum atomic E-state index is 12.4. The van der Waals surface area contributed by atoms with Crippen LogP contribution in [-0.2, 0) is 14.3 Å². The number of non-ortho nitro benzene ring substituents is 1. The Morgan fingerprint density at radius 1 is 1.29 bits per heavy atom. The molecule has 0 fully saturated rings. The molecule has 9 heteroatoms. The standard InChI is InChI=1S/C15H16N2O7/c1-2-23-14(18)15(17(21)22)9-3-4-10-24-13(15)11-5-7-12(8-6-11)16(19)20/h3-8,13H,2,9-10H2,1H3/t13-,15+/m0/s1. The Hall–Kier alpha value is -2.81. The third-order valence-corrected chi connectivity index (χ3v) is 3.75. The summed E-state index contributed by atoms with van der Waals surface area (Å²) in [5.41, 5.74) is -2.00. The minimum absolute atomic E-state index is 0.00881. The maximum absolute atomic E-state index is 12.4. The van der Waals surface area contributed by atoms with Gasteiger partial charge in [0.25, 0.3) is 5.69 Å². The van der Waals surface area contributed by atoms with Crippen LogP contribution in [0.1, 0.15) is 25.0 Å². The van der Waals surface area contributed by atoms with E-state index in [2.05, 4.69) is 0 Å². The summed E-state index contributed by atoms with van der Waals surface area (Å²) < 4.78 is 10.4. The van der Waals surface area contributed by atoms with Gasteiger partial charge in [-0.05, 0) is 24.6 Å². The summed E-state index contributed by atoms with van der Waals surface area (Å²) in [6.07, 6.45) is 1.68. The van der Waals surface area contributed by atoms with E-state index in [4.69, 9.17) is 9.47 Å². The zero-order valence-corrected chi connectivity index (χ0v) is 12.9. The van der Waals surface area contributed by atoms with E-state index < -0.39 is 27.5 Å². The molecule has 0 spiro atoms. The number of benzene rings is 1. The Labute approximate surface area is 137 Å². The van der Waals surface area contributed by atoms with E-state index in [0.29, 0.717) is 5.56 Å². The van der Waals surface area contributed by atoms with E-state index in [1.165, 1.54) is 30.3 Å². The average molecular weight is 336 g/mol. The van der Waals surface area contributed by atoms with Crippen LogP contribution in [0.25, 0.3) is 0 Å². The zero-order valence-electron chi connectivity index (χ0n) is 12.9. The summed E-state index contributed by atoms with van der Waals surface area (Å²) >= 11 is 0. The Kier molecular flexibility index (Phi) is 5.24. The van der Waals surface area contributed by atoms with Crippen LogP contribution < -0.4 is 0 Å². The molecule has 0 saturated heterocycles. The number of nitro groups is 2. The first kappa shape index (κ1) is 17.5. The Balaban J connectivity index is 2.51. The zero-order chi connectivity index (χ0) is 17.7. The highest BCUT2D eigenvalue weighted by Crippen LogP contribution is 2.38. The molecule has 0 bridgehead atoms. The number of hydrogen-bond donors (Lipinski definition) is 0. The molecule has 1 aromatic carbocycles. The first-order chi connectivity index (χ1) is 11.4. The predicted molar refractivity (Wildman–Crippen MR) is 81.9 cm³/mol. The molecule has 9 nitrogen and oxygen atoms in total. The van der Waals surface area contributed by atoms with Crippen molar-refractivity contribution in [3.05, 3.63) is 62.2 Å². The number of esters is 1. The van der Waals surface area contributed by atoms with E-state index in [0.717, 1.165) is 0 Å². The van der Waals surface area contributed by atoms with Gasteiger partial charge in [-0.3, -0.25) is 20.2 Å². The van der Waals surface area contributed by atoms with E-state index in [1.54, 1.807) is 13.0 Å². The molecule has 0 amide bonds. The molecule has 2 rings (SSSR count). The highest BCUT2D eigenvalue weighted by atomic mass is 16.6. The van der Waals surface area contributed by atoms with Crippen LogP contribution in [0.4, 0.5) is 5.69 Å². The molecule has 128 valence electrons. The molecule has 0 radical (unpaired) electrons. The van der Waals surface area contributed by atoms with Crippen LogP contribution in [0.15, 0.2) is 36.4 Å². The number of nitro benzene ring substituents is 1. The van der Waals surface area contributed by atoms with Crippen molar-refractivity contribution in [2.45, 2.75) is 25.0 Å². The van der Waals surface area contributed by atoms with E-state index in [9.17, 15) is 25.0 Å². The number of hydrogen-bond acceptors (Lipinski definition) is 7. The van der Waals surface area contributed by atoms with Gasteiger partial charge in [-0.1, -0.05) is 12.2 Å². The monoisotopic (exact) mass is 336 g/mol. The van der Waals surface area contributed by atoms with Gasteiger partial charge in [-0.2, -0.15) is 0 Å². The lowest BCUT2D eigenvalue weighted by molar-refractivity contribution is -0.569. The second-order valence-electron chi connectivity index (χ2n) is 5.14. The van der Waals surface area contributed by atoms with Crippen LogP contribution in [0.2, 0.25) is 0 Å². The molecule has 0 saturated carbocycles. The Bertz CT molecular complexity index is 671. The summed E-state index contributed by atoms with van der Waals surface area (Å²) in [4.78, 5) is 33.6. The normalized spacial score (nSPS) is 23.3. The van der Waals surface area contributed by atoms with Gasteiger partial charge >= 0.3 is 11.5 Å². The van der Waals surface area contributed by atoms with E-state index >= 15 is 0 Å². The molecule has 24 heavy (non-hydrogen) atoms. The van der Waals surface area contributed by atoms with E-state index in [-0.39, 0.29) is 25.3 Å².